The van der Waals surface area contributed by atoms with Crippen LogP contribution in [0, 0.1) is 12.8 Å². The van der Waals surface area contributed by atoms with Crippen molar-refractivity contribution in [3.63, 3.8) is 0 Å². The molecule has 1 aromatic rings. The number of likely N-dealkylation sites (tertiary alicyclic amines) is 1. The first-order valence-electron chi connectivity index (χ1n) is 7.91. The molecule has 2 amide bonds. The molecule has 5 heteroatoms. The highest BCUT2D eigenvalue weighted by Gasteiger charge is 2.33. The SMILES string of the molecule is Cc1ccc2c(c1)N(C(=O)C(=O)N1CCC(CO)CC1)CC2. The third kappa shape index (κ3) is 2.73. The van der Waals surface area contributed by atoms with E-state index in [0.29, 0.717) is 19.6 Å². The average molecular weight is 302 g/mol. The molecule has 0 saturated carbocycles. The van der Waals surface area contributed by atoms with Crippen LogP contribution in [0.3, 0.4) is 0 Å². The van der Waals surface area contributed by atoms with Gasteiger partial charge in [-0.25, -0.2) is 0 Å². The molecule has 0 bridgehead atoms. The third-order valence-corrected chi connectivity index (χ3v) is 4.72. The fourth-order valence-electron chi connectivity index (χ4n) is 3.27. The van der Waals surface area contributed by atoms with E-state index in [0.717, 1.165) is 36.1 Å². The van der Waals surface area contributed by atoms with Gasteiger partial charge in [-0.3, -0.25) is 9.59 Å². The van der Waals surface area contributed by atoms with E-state index in [1.165, 1.54) is 0 Å². The number of aryl methyl sites for hydroxylation is 1. The van der Waals surface area contributed by atoms with Crippen LogP contribution in [0.25, 0.3) is 0 Å². The second kappa shape index (κ2) is 6.08. The fraction of sp³-hybridized carbons (Fsp3) is 0.529. The summed E-state index contributed by atoms with van der Waals surface area (Å²) < 4.78 is 0. The van der Waals surface area contributed by atoms with Crippen LogP contribution < -0.4 is 4.90 Å². The van der Waals surface area contributed by atoms with Crippen molar-refractivity contribution >= 4 is 17.5 Å². The first kappa shape index (κ1) is 15.0. The van der Waals surface area contributed by atoms with E-state index < -0.39 is 11.8 Å². The Labute approximate surface area is 130 Å². The Bertz CT molecular complexity index is 592. The van der Waals surface area contributed by atoms with Gasteiger partial charge in [-0.15, -0.1) is 0 Å². The fourth-order valence-corrected chi connectivity index (χ4v) is 3.27. The van der Waals surface area contributed by atoms with Crippen LogP contribution >= 0.6 is 0 Å². The number of anilines is 1. The van der Waals surface area contributed by atoms with Gasteiger partial charge in [0.15, 0.2) is 0 Å². The largest absolute Gasteiger partial charge is 0.396 e. The maximum Gasteiger partial charge on any atom is 0.316 e. The van der Waals surface area contributed by atoms with E-state index in [1.807, 2.05) is 25.1 Å². The molecular formula is C17H22N2O3. The number of piperidine rings is 1. The van der Waals surface area contributed by atoms with E-state index >= 15 is 0 Å². The number of aliphatic hydroxyl groups excluding tert-OH is 1. The molecule has 5 nitrogen and oxygen atoms in total. The van der Waals surface area contributed by atoms with Crippen molar-refractivity contribution in [2.45, 2.75) is 26.2 Å². The first-order chi connectivity index (χ1) is 10.6. The molecule has 3 rings (SSSR count). The second-order valence-corrected chi connectivity index (χ2v) is 6.26. The lowest BCUT2D eigenvalue weighted by Crippen LogP contribution is -2.48. The lowest BCUT2D eigenvalue weighted by molar-refractivity contribution is -0.145. The number of carbonyl (C=O) groups excluding carboxylic acids is 2. The van der Waals surface area contributed by atoms with Crippen molar-refractivity contribution in [2.24, 2.45) is 5.92 Å². The number of benzene rings is 1. The molecule has 22 heavy (non-hydrogen) atoms. The minimum Gasteiger partial charge on any atom is -0.396 e. The molecule has 2 aliphatic heterocycles. The van der Waals surface area contributed by atoms with Crippen LogP contribution in [0.5, 0.6) is 0 Å². The monoisotopic (exact) mass is 302 g/mol. The molecule has 118 valence electrons. The zero-order valence-corrected chi connectivity index (χ0v) is 12.9. The summed E-state index contributed by atoms with van der Waals surface area (Å²) in [5.41, 5.74) is 3.10. The Hall–Kier alpha value is -1.88. The number of rotatable bonds is 1. The lowest BCUT2D eigenvalue weighted by Gasteiger charge is -2.31. The Morgan fingerprint density at radius 2 is 1.91 bits per heavy atom. The number of hydrogen-bond donors (Lipinski definition) is 1. The van der Waals surface area contributed by atoms with Crippen LogP contribution in [0.1, 0.15) is 24.0 Å². The maximum atomic E-state index is 12.6. The second-order valence-electron chi connectivity index (χ2n) is 6.26. The lowest BCUT2D eigenvalue weighted by atomic mass is 9.98. The van der Waals surface area contributed by atoms with Gasteiger partial charge >= 0.3 is 11.8 Å². The van der Waals surface area contributed by atoms with E-state index in [9.17, 15) is 9.59 Å². The smallest absolute Gasteiger partial charge is 0.316 e. The summed E-state index contributed by atoms with van der Waals surface area (Å²) in [6, 6.07) is 6.05. The van der Waals surface area contributed by atoms with Gasteiger partial charge < -0.3 is 14.9 Å². The summed E-state index contributed by atoms with van der Waals surface area (Å²) >= 11 is 0. The molecule has 2 heterocycles. The highest BCUT2D eigenvalue weighted by Crippen LogP contribution is 2.29. The highest BCUT2D eigenvalue weighted by molar-refractivity contribution is 6.40. The zero-order valence-electron chi connectivity index (χ0n) is 12.9. The normalized spacial score (nSPS) is 18.5. The van der Waals surface area contributed by atoms with Gasteiger partial charge in [0.2, 0.25) is 0 Å². The summed E-state index contributed by atoms with van der Waals surface area (Å²) in [4.78, 5) is 28.2. The number of carbonyl (C=O) groups is 2. The number of amides is 2. The molecule has 0 radical (unpaired) electrons. The third-order valence-electron chi connectivity index (χ3n) is 4.72. The predicted molar refractivity (Wildman–Crippen MR) is 83.6 cm³/mol. The number of nitrogens with zero attached hydrogens (tertiary/aromatic N) is 2. The van der Waals surface area contributed by atoms with Gasteiger partial charge in [0.1, 0.15) is 0 Å². The summed E-state index contributed by atoms with van der Waals surface area (Å²) in [6.45, 7) is 3.85. The van der Waals surface area contributed by atoms with Crippen molar-refractivity contribution in [3.8, 4) is 0 Å². The Morgan fingerprint density at radius 3 is 2.59 bits per heavy atom. The van der Waals surface area contributed by atoms with Gasteiger partial charge in [0, 0.05) is 31.9 Å². The molecule has 1 fully saturated rings. The number of fused-ring (bicyclic) bond motifs is 1. The molecule has 1 aromatic carbocycles. The predicted octanol–water partition coefficient (Wildman–Crippen LogP) is 1.12. The van der Waals surface area contributed by atoms with Crippen LogP contribution in [0.4, 0.5) is 5.69 Å². The van der Waals surface area contributed by atoms with Gasteiger partial charge in [0.05, 0.1) is 0 Å². The number of hydrogen-bond acceptors (Lipinski definition) is 3. The maximum absolute atomic E-state index is 12.6. The average Bonchev–Trinajstić information content (AvgIpc) is 2.96. The van der Waals surface area contributed by atoms with Crippen LogP contribution in [0.15, 0.2) is 18.2 Å². The molecule has 0 atom stereocenters. The van der Waals surface area contributed by atoms with Crippen molar-refractivity contribution in [1.82, 2.24) is 4.90 Å². The summed E-state index contributed by atoms with van der Waals surface area (Å²) in [7, 11) is 0. The minimum atomic E-state index is -0.424. The van der Waals surface area contributed by atoms with Crippen LogP contribution in [-0.2, 0) is 16.0 Å². The molecular weight excluding hydrogens is 280 g/mol. The molecule has 0 spiro atoms. The van der Waals surface area contributed by atoms with Crippen LogP contribution in [0.2, 0.25) is 0 Å². The van der Waals surface area contributed by atoms with E-state index in [-0.39, 0.29) is 12.5 Å². The zero-order chi connectivity index (χ0) is 15.7. The van der Waals surface area contributed by atoms with Crippen molar-refractivity contribution in [3.05, 3.63) is 29.3 Å². The number of aliphatic hydroxyl groups is 1. The van der Waals surface area contributed by atoms with E-state index in [1.54, 1.807) is 9.80 Å². The molecule has 0 aliphatic carbocycles. The molecule has 1 saturated heterocycles. The van der Waals surface area contributed by atoms with Gasteiger partial charge in [-0.1, -0.05) is 12.1 Å². The van der Waals surface area contributed by atoms with Crippen molar-refractivity contribution in [2.75, 3.05) is 31.1 Å². The van der Waals surface area contributed by atoms with Crippen LogP contribution in [-0.4, -0.2) is 48.1 Å². The summed E-state index contributed by atoms with van der Waals surface area (Å²) in [5, 5.41) is 9.15. The minimum absolute atomic E-state index is 0.161. The summed E-state index contributed by atoms with van der Waals surface area (Å²) in [6.07, 6.45) is 2.34. The first-order valence-corrected chi connectivity index (χ1v) is 7.91. The van der Waals surface area contributed by atoms with Gasteiger partial charge in [0.25, 0.3) is 0 Å². The van der Waals surface area contributed by atoms with Crippen molar-refractivity contribution in [1.29, 1.82) is 0 Å². The van der Waals surface area contributed by atoms with E-state index in [4.69, 9.17) is 5.11 Å². The molecule has 2 aliphatic rings. The molecule has 1 N–H and O–H groups in total. The molecule has 0 aromatic heterocycles. The quantitative estimate of drug-likeness (QED) is 0.791. The van der Waals surface area contributed by atoms with Gasteiger partial charge in [-0.05, 0) is 49.3 Å². The standard InChI is InChI=1S/C17H22N2O3/c1-12-2-3-14-6-9-19(15(14)10-12)17(22)16(21)18-7-4-13(11-20)5-8-18/h2-3,10,13,20H,4-9,11H2,1H3. The Balaban J connectivity index is 1.70. The summed E-state index contributed by atoms with van der Waals surface area (Å²) in [5.74, 6) is -0.577. The van der Waals surface area contributed by atoms with Gasteiger partial charge in [-0.2, -0.15) is 0 Å². The van der Waals surface area contributed by atoms with E-state index in [2.05, 4.69) is 0 Å². The Kier molecular flexibility index (Phi) is 4.16. The molecule has 0 unspecified atom stereocenters. The Morgan fingerprint density at radius 1 is 1.18 bits per heavy atom. The van der Waals surface area contributed by atoms with Crippen molar-refractivity contribution < 1.29 is 14.7 Å². The topological polar surface area (TPSA) is 60.9 Å². The highest BCUT2D eigenvalue weighted by atomic mass is 16.3.